The van der Waals surface area contributed by atoms with Gasteiger partial charge in [0.2, 0.25) is 5.91 Å². The van der Waals surface area contributed by atoms with E-state index in [1.807, 2.05) is 23.1 Å². The van der Waals surface area contributed by atoms with Crippen LogP contribution >= 0.6 is 0 Å². The second-order valence-electron chi connectivity index (χ2n) is 6.17. The van der Waals surface area contributed by atoms with Gasteiger partial charge in [0.15, 0.2) is 0 Å². The summed E-state index contributed by atoms with van der Waals surface area (Å²) in [5.41, 5.74) is 8.85. The molecule has 3 nitrogen and oxygen atoms in total. The SMILES string of the molecule is CC1(C(=O)N2CCc3c(N)cccc32)CCCCC1. The zero-order valence-corrected chi connectivity index (χ0v) is 11.6. The summed E-state index contributed by atoms with van der Waals surface area (Å²) >= 11 is 0. The number of carbonyl (C=O) groups is 1. The number of nitrogens with two attached hydrogens (primary N) is 1. The minimum Gasteiger partial charge on any atom is -0.398 e. The van der Waals surface area contributed by atoms with Gasteiger partial charge in [-0.15, -0.1) is 0 Å². The molecule has 2 N–H and O–H groups in total. The zero-order chi connectivity index (χ0) is 13.5. The molecule has 2 aliphatic rings. The van der Waals surface area contributed by atoms with Crippen LogP contribution in [-0.2, 0) is 11.2 Å². The summed E-state index contributed by atoms with van der Waals surface area (Å²) < 4.78 is 0. The molecule has 0 saturated heterocycles. The average molecular weight is 258 g/mol. The molecule has 0 aromatic heterocycles. The standard InChI is InChI=1S/C16H22N2O/c1-16(9-3-2-4-10-16)15(19)18-11-8-12-13(17)6-5-7-14(12)18/h5-7H,2-4,8-11,17H2,1H3. The average Bonchev–Trinajstić information content (AvgIpc) is 2.84. The Labute approximate surface area is 114 Å². The molecule has 0 unspecified atom stereocenters. The molecule has 1 saturated carbocycles. The van der Waals surface area contributed by atoms with E-state index in [9.17, 15) is 4.79 Å². The van der Waals surface area contributed by atoms with Gasteiger partial charge in [0.25, 0.3) is 0 Å². The highest BCUT2D eigenvalue weighted by molar-refractivity contribution is 6.00. The number of rotatable bonds is 1. The van der Waals surface area contributed by atoms with Gasteiger partial charge in [0.1, 0.15) is 0 Å². The summed E-state index contributed by atoms with van der Waals surface area (Å²) in [6.45, 7) is 2.93. The maximum Gasteiger partial charge on any atom is 0.232 e. The molecule has 1 heterocycles. The molecule has 0 bridgehead atoms. The highest BCUT2D eigenvalue weighted by Crippen LogP contribution is 2.41. The van der Waals surface area contributed by atoms with Crippen LogP contribution in [0.2, 0.25) is 0 Å². The maximum atomic E-state index is 12.9. The third-order valence-corrected chi connectivity index (χ3v) is 4.78. The van der Waals surface area contributed by atoms with Crippen molar-refractivity contribution >= 4 is 17.3 Å². The lowest BCUT2D eigenvalue weighted by Crippen LogP contribution is -2.42. The first kappa shape index (κ1) is 12.5. The molecule has 3 rings (SSSR count). The fourth-order valence-electron chi connectivity index (χ4n) is 3.54. The molecular weight excluding hydrogens is 236 g/mol. The van der Waals surface area contributed by atoms with E-state index in [2.05, 4.69) is 6.92 Å². The number of benzene rings is 1. The molecule has 0 atom stereocenters. The quantitative estimate of drug-likeness (QED) is 0.787. The molecular formula is C16H22N2O. The maximum absolute atomic E-state index is 12.9. The van der Waals surface area contributed by atoms with Gasteiger partial charge in [0, 0.05) is 28.9 Å². The van der Waals surface area contributed by atoms with Crippen molar-refractivity contribution in [3.63, 3.8) is 0 Å². The Kier molecular flexibility index (Phi) is 3.00. The fraction of sp³-hybridized carbons (Fsp3) is 0.562. The van der Waals surface area contributed by atoms with Crippen molar-refractivity contribution in [2.45, 2.75) is 45.4 Å². The van der Waals surface area contributed by atoms with Crippen LogP contribution in [0.15, 0.2) is 18.2 Å². The second kappa shape index (κ2) is 4.55. The van der Waals surface area contributed by atoms with Crippen molar-refractivity contribution in [2.75, 3.05) is 17.2 Å². The minimum absolute atomic E-state index is 0.162. The first-order valence-electron chi connectivity index (χ1n) is 7.31. The summed E-state index contributed by atoms with van der Waals surface area (Å²) in [5.74, 6) is 0.302. The van der Waals surface area contributed by atoms with E-state index in [0.29, 0.717) is 5.91 Å². The lowest BCUT2D eigenvalue weighted by atomic mass is 9.74. The van der Waals surface area contributed by atoms with Crippen molar-refractivity contribution in [1.29, 1.82) is 0 Å². The normalized spacial score (nSPS) is 21.2. The number of fused-ring (bicyclic) bond motifs is 1. The Morgan fingerprint density at radius 1 is 1.26 bits per heavy atom. The number of nitrogens with zero attached hydrogens (tertiary/aromatic N) is 1. The summed E-state index contributed by atoms with van der Waals surface area (Å²) in [6, 6.07) is 5.90. The summed E-state index contributed by atoms with van der Waals surface area (Å²) in [6.07, 6.45) is 6.58. The van der Waals surface area contributed by atoms with Crippen molar-refractivity contribution in [3.05, 3.63) is 23.8 Å². The summed E-state index contributed by atoms with van der Waals surface area (Å²) in [7, 11) is 0. The van der Waals surface area contributed by atoms with Crippen LogP contribution in [0.4, 0.5) is 11.4 Å². The van der Waals surface area contributed by atoms with E-state index in [4.69, 9.17) is 5.73 Å². The largest absolute Gasteiger partial charge is 0.398 e. The molecule has 3 heteroatoms. The van der Waals surface area contributed by atoms with Gasteiger partial charge in [-0.2, -0.15) is 0 Å². The predicted molar refractivity (Wildman–Crippen MR) is 78.1 cm³/mol. The van der Waals surface area contributed by atoms with Crippen molar-refractivity contribution in [3.8, 4) is 0 Å². The van der Waals surface area contributed by atoms with Crippen LogP contribution in [-0.4, -0.2) is 12.5 Å². The molecule has 1 aromatic carbocycles. The second-order valence-corrected chi connectivity index (χ2v) is 6.17. The molecule has 0 spiro atoms. The van der Waals surface area contributed by atoms with Crippen molar-refractivity contribution < 1.29 is 4.79 Å². The number of amides is 1. The number of anilines is 2. The monoisotopic (exact) mass is 258 g/mol. The van der Waals surface area contributed by atoms with Crippen molar-refractivity contribution in [1.82, 2.24) is 0 Å². The predicted octanol–water partition coefficient (Wildman–Crippen LogP) is 3.13. The third kappa shape index (κ3) is 2.01. The molecule has 1 aliphatic heterocycles. The van der Waals surface area contributed by atoms with Crippen LogP contribution in [0.25, 0.3) is 0 Å². The fourth-order valence-corrected chi connectivity index (χ4v) is 3.54. The van der Waals surface area contributed by atoms with Crippen molar-refractivity contribution in [2.24, 2.45) is 5.41 Å². The number of hydrogen-bond donors (Lipinski definition) is 1. The Morgan fingerprint density at radius 3 is 2.74 bits per heavy atom. The van der Waals surface area contributed by atoms with Crippen LogP contribution in [0.5, 0.6) is 0 Å². The Bertz CT molecular complexity index is 503. The minimum atomic E-state index is -0.162. The van der Waals surface area contributed by atoms with E-state index >= 15 is 0 Å². The molecule has 1 aliphatic carbocycles. The lowest BCUT2D eigenvalue weighted by Gasteiger charge is -2.35. The molecule has 102 valence electrons. The Balaban J connectivity index is 1.89. The molecule has 1 fully saturated rings. The first-order chi connectivity index (χ1) is 9.12. The zero-order valence-electron chi connectivity index (χ0n) is 11.6. The van der Waals surface area contributed by atoms with Crippen LogP contribution in [0.3, 0.4) is 0 Å². The Hall–Kier alpha value is -1.51. The van der Waals surface area contributed by atoms with Gasteiger partial charge in [0.05, 0.1) is 0 Å². The molecule has 0 radical (unpaired) electrons. The lowest BCUT2D eigenvalue weighted by molar-refractivity contribution is -0.128. The van der Waals surface area contributed by atoms with E-state index in [1.165, 1.54) is 19.3 Å². The van der Waals surface area contributed by atoms with Crippen LogP contribution in [0.1, 0.15) is 44.6 Å². The van der Waals surface area contributed by atoms with E-state index < -0.39 is 0 Å². The van der Waals surface area contributed by atoms with Gasteiger partial charge in [-0.1, -0.05) is 32.3 Å². The van der Waals surface area contributed by atoms with Gasteiger partial charge in [-0.05, 0) is 31.4 Å². The van der Waals surface area contributed by atoms with Gasteiger partial charge < -0.3 is 10.6 Å². The van der Waals surface area contributed by atoms with Crippen LogP contribution in [0, 0.1) is 5.41 Å². The summed E-state index contributed by atoms with van der Waals surface area (Å²) in [5, 5.41) is 0. The first-order valence-corrected chi connectivity index (χ1v) is 7.31. The number of carbonyl (C=O) groups excluding carboxylic acids is 1. The van der Waals surface area contributed by atoms with E-state index in [-0.39, 0.29) is 5.41 Å². The number of nitrogen functional groups attached to an aromatic ring is 1. The molecule has 1 aromatic rings. The highest BCUT2D eigenvalue weighted by atomic mass is 16.2. The highest BCUT2D eigenvalue weighted by Gasteiger charge is 2.40. The van der Waals surface area contributed by atoms with Gasteiger partial charge in [-0.3, -0.25) is 4.79 Å². The molecule has 19 heavy (non-hydrogen) atoms. The topological polar surface area (TPSA) is 46.3 Å². The van der Waals surface area contributed by atoms with E-state index in [1.54, 1.807) is 0 Å². The summed E-state index contributed by atoms with van der Waals surface area (Å²) in [4.78, 5) is 14.9. The number of hydrogen-bond acceptors (Lipinski definition) is 2. The van der Waals surface area contributed by atoms with E-state index in [0.717, 1.165) is 42.7 Å². The Morgan fingerprint density at radius 2 is 2.00 bits per heavy atom. The molecule has 1 amide bonds. The third-order valence-electron chi connectivity index (χ3n) is 4.78. The van der Waals surface area contributed by atoms with Gasteiger partial charge in [-0.25, -0.2) is 0 Å². The van der Waals surface area contributed by atoms with Crippen LogP contribution < -0.4 is 10.6 Å². The smallest absolute Gasteiger partial charge is 0.232 e. The van der Waals surface area contributed by atoms with Gasteiger partial charge >= 0.3 is 0 Å².